The number of Topliss-reactive ketones (excluding diaryl/α,β-unsaturated/α-hetero) is 1. The van der Waals surface area contributed by atoms with E-state index in [9.17, 15) is 4.79 Å². The van der Waals surface area contributed by atoms with Gasteiger partial charge >= 0.3 is 0 Å². The molecule has 0 radical (unpaired) electrons. The van der Waals surface area contributed by atoms with E-state index in [1.165, 1.54) is 19.3 Å². The van der Waals surface area contributed by atoms with E-state index >= 15 is 0 Å². The van der Waals surface area contributed by atoms with E-state index in [4.69, 9.17) is 14.9 Å². The van der Waals surface area contributed by atoms with E-state index in [2.05, 4.69) is 44.8 Å². The molecule has 0 aromatic heterocycles. The minimum Gasteiger partial charge on any atom is -0.395 e. The Hall–Kier alpha value is -1.01. The van der Waals surface area contributed by atoms with Gasteiger partial charge in [-0.3, -0.25) is 4.79 Å². The summed E-state index contributed by atoms with van der Waals surface area (Å²) in [6.07, 6.45) is 13.1. The number of allylic oxidation sites excluding steroid dienone is 2. The smallest absolute Gasteiger partial charge is 0.146 e. The first-order valence-corrected chi connectivity index (χ1v) is 11.3. The highest BCUT2D eigenvalue weighted by Gasteiger charge is 2.35. The summed E-state index contributed by atoms with van der Waals surface area (Å²) in [4.78, 5) is 21.3. The van der Waals surface area contributed by atoms with Crippen molar-refractivity contribution in [3.05, 3.63) is 24.8 Å². The van der Waals surface area contributed by atoms with Crippen LogP contribution in [0.4, 0.5) is 0 Å². The van der Waals surface area contributed by atoms with Crippen LogP contribution in [-0.4, -0.2) is 42.8 Å². The predicted octanol–water partition coefficient (Wildman–Crippen LogP) is 5.24. The number of unbranched alkanes of at least 4 members (excludes halogenated alkanes) is 2. The van der Waals surface area contributed by atoms with E-state index in [-0.39, 0.29) is 24.6 Å². The van der Waals surface area contributed by atoms with Gasteiger partial charge in [0.1, 0.15) is 5.78 Å². The zero-order valence-corrected chi connectivity index (χ0v) is 19.8. The van der Waals surface area contributed by atoms with Crippen molar-refractivity contribution in [2.45, 2.75) is 92.3 Å². The molecule has 1 heterocycles. The molecule has 4 atom stereocenters. The number of hydrogen-bond acceptors (Lipinski definition) is 5. The summed E-state index contributed by atoms with van der Waals surface area (Å²) in [5.41, 5.74) is 0. The highest BCUT2D eigenvalue weighted by molar-refractivity contribution is 5.80. The molecule has 1 rings (SSSR count). The van der Waals surface area contributed by atoms with Gasteiger partial charge in [-0.2, -0.15) is 0 Å². The van der Waals surface area contributed by atoms with Crippen molar-refractivity contribution in [3.8, 4) is 0 Å². The number of aliphatic hydroxyl groups is 1. The number of rotatable bonds is 11. The molecular formula is C24H47NO4. The van der Waals surface area contributed by atoms with Crippen LogP contribution in [0.5, 0.6) is 0 Å². The van der Waals surface area contributed by atoms with Gasteiger partial charge in [-0.1, -0.05) is 58.3 Å². The Morgan fingerprint density at radius 1 is 1.10 bits per heavy atom. The van der Waals surface area contributed by atoms with Gasteiger partial charge in [0.15, 0.2) is 0 Å². The summed E-state index contributed by atoms with van der Waals surface area (Å²) < 4.78 is 0. The van der Waals surface area contributed by atoms with E-state index in [0.717, 1.165) is 12.8 Å². The maximum Gasteiger partial charge on any atom is 0.146 e. The van der Waals surface area contributed by atoms with Crippen LogP contribution in [0.2, 0.25) is 0 Å². The standard InChI is InChI=1S/C12H20O2.C7H15NO2.C5H12/c1-5-7-11-9(3)13-14-10(4)12(11)8-6-2;1-2-3-7(10)6-8-4-5-9;1-3-5-4-2/h5-6,8-12H,1,7H2,2-4H3;8-9H,2-6H2,1H3;3-5H2,1-2H3/b8-6+;;/t9-,10+,11-,12?;;/m0../s1. The van der Waals surface area contributed by atoms with Gasteiger partial charge in [0.25, 0.3) is 0 Å². The molecule has 0 spiro atoms. The summed E-state index contributed by atoms with van der Waals surface area (Å²) in [7, 11) is 0. The third-order valence-corrected chi connectivity index (χ3v) is 4.70. The average molecular weight is 414 g/mol. The first-order chi connectivity index (χ1) is 13.9. The van der Waals surface area contributed by atoms with Crippen molar-refractivity contribution in [1.82, 2.24) is 5.32 Å². The molecule has 0 aliphatic carbocycles. The van der Waals surface area contributed by atoms with Crippen LogP contribution in [0.1, 0.15) is 80.1 Å². The molecule has 0 bridgehead atoms. The fraction of sp³-hybridized carbons (Fsp3) is 0.792. The molecule has 1 aliphatic rings. The Morgan fingerprint density at radius 2 is 1.72 bits per heavy atom. The van der Waals surface area contributed by atoms with Crippen molar-refractivity contribution in [2.24, 2.45) is 11.8 Å². The third-order valence-electron chi connectivity index (χ3n) is 4.70. The van der Waals surface area contributed by atoms with Crippen molar-refractivity contribution in [1.29, 1.82) is 0 Å². The van der Waals surface area contributed by atoms with Gasteiger partial charge in [-0.25, -0.2) is 9.78 Å². The molecule has 0 aromatic rings. The number of carbonyl (C=O) groups excluding carboxylic acids is 1. The highest BCUT2D eigenvalue weighted by Crippen LogP contribution is 2.32. The number of carbonyl (C=O) groups is 1. The van der Waals surface area contributed by atoms with Crippen molar-refractivity contribution >= 4 is 5.78 Å². The zero-order valence-electron chi connectivity index (χ0n) is 19.8. The molecule has 1 saturated heterocycles. The fourth-order valence-electron chi connectivity index (χ4n) is 3.06. The normalized spacial score (nSPS) is 23.6. The second kappa shape index (κ2) is 21.7. The molecule has 1 unspecified atom stereocenters. The second-order valence-corrected chi connectivity index (χ2v) is 7.44. The van der Waals surface area contributed by atoms with Crippen molar-refractivity contribution in [2.75, 3.05) is 19.7 Å². The molecule has 29 heavy (non-hydrogen) atoms. The highest BCUT2D eigenvalue weighted by atomic mass is 17.2. The lowest BCUT2D eigenvalue weighted by atomic mass is 9.81. The molecule has 172 valence electrons. The number of nitrogens with one attached hydrogen (secondary N) is 1. The maximum absolute atomic E-state index is 10.8. The fourth-order valence-corrected chi connectivity index (χ4v) is 3.06. The van der Waals surface area contributed by atoms with Crippen molar-refractivity contribution < 1.29 is 19.7 Å². The SMILES string of the molecule is C=CC[C@@H]1C(/C=C/C)[C@@H](C)OO[C@H]1C.CCCC(=O)CNCCO.CCCCC. The quantitative estimate of drug-likeness (QED) is 0.275. The first kappa shape index (κ1) is 30.2. The molecule has 0 amide bonds. The van der Waals surface area contributed by atoms with Crippen LogP contribution < -0.4 is 5.32 Å². The minimum absolute atomic E-state index is 0.0966. The van der Waals surface area contributed by atoms with E-state index in [0.29, 0.717) is 31.3 Å². The molecule has 1 fully saturated rings. The molecule has 0 saturated carbocycles. The Labute approximate surface area is 179 Å². The third kappa shape index (κ3) is 16.5. The lowest BCUT2D eigenvalue weighted by Crippen LogP contribution is -2.40. The molecule has 1 aliphatic heterocycles. The summed E-state index contributed by atoms with van der Waals surface area (Å²) >= 11 is 0. The van der Waals surface area contributed by atoms with Gasteiger partial charge in [0.05, 0.1) is 25.4 Å². The average Bonchev–Trinajstić information content (AvgIpc) is 2.70. The van der Waals surface area contributed by atoms with E-state index < -0.39 is 0 Å². The van der Waals surface area contributed by atoms with Crippen LogP contribution in [-0.2, 0) is 14.6 Å². The van der Waals surface area contributed by atoms with Gasteiger partial charge in [0.2, 0.25) is 0 Å². The Bertz CT molecular complexity index is 410. The molecule has 2 N–H and O–H groups in total. The number of ketones is 1. The largest absolute Gasteiger partial charge is 0.395 e. The summed E-state index contributed by atoms with van der Waals surface area (Å²) in [6, 6.07) is 0. The lowest BCUT2D eigenvalue weighted by molar-refractivity contribution is -0.389. The van der Waals surface area contributed by atoms with Crippen LogP contribution in [0.15, 0.2) is 24.8 Å². The van der Waals surface area contributed by atoms with Crippen molar-refractivity contribution in [3.63, 3.8) is 0 Å². The van der Waals surface area contributed by atoms with Crippen LogP contribution >= 0.6 is 0 Å². The summed E-state index contributed by atoms with van der Waals surface area (Å²) in [5.74, 6) is 1.13. The molecule has 5 heteroatoms. The van der Waals surface area contributed by atoms with E-state index in [1.54, 1.807) is 0 Å². The number of aliphatic hydroxyl groups excluding tert-OH is 1. The van der Waals surface area contributed by atoms with Crippen LogP contribution in [0.3, 0.4) is 0 Å². The van der Waals surface area contributed by atoms with Crippen LogP contribution in [0.25, 0.3) is 0 Å². The summed E-state index contributed by atoms with van der Waals surface area (Å²) in [6.45, 7) is 17.3. The monoisotopic (exact) mass is 413 g/mol. The van der Waals surface area contributed by atoms with Crippen LogP contribution in [0, 0.1) is 11.8 Å². The Kier molecular flexibility index (Phi) is 22.6. The lowest BCUT2D eigenvalue weighted by Gasteiger charge is -2.37. The minimum atomic E-state index is 0.0966. The topological polar surface area (TPSA) is 67.8 Å². The Balaban J connectivity index is 0. The molecule has 5 nitrogen and oxygen atoms in total. The van der Waals surface area contributed by atoms with Gasteiger partial charge in [-0.15, -0.1) is 6.58 Å². The molecule has 0 aromatic carbocycles. The van der Waals surface area contributed by atoms with E-state index in [1.807, 2.05) is 26.8 Å². The zero-order chi connectivity index (χ0) is 22.5. The van der Waals surface area contributed by atoms with Gasteiger partial charge in [0, 0.05) is 24.8 Å². The van der Waals surface area contributed by atoms with Gasteiger partial charge < -0.3 is 10.4 Å². The van der Waals surface area contributed by atoms with Gasteiger partial charge in [-0.05, 0) is 33.6 Å². The first-order valence-electron chi connectivity index (χ1n) is 11.3. The maximum atomic E-state index is 10.8. The Morgan fingerprint density at radius 3 is 2.17 bits per heavy atom. The molecular weight excluding hydrogens is 366 g/mol. The second-order valence-electron chi connectivity index (χ2n) is 7.44. The summed E-state index contributed by atoms with van der Waals surface area (Å²) in [5, 5.41) is 11.2. The number of hydrogen-bond donors (Lipinski definition) is 2. The predicted molar refractivity (Wildman–Crippen MR) is 123 cm³/mol.